The van der Waals surface area contributed by atoms with E-state index in [9.17, 15) is 4.79 Å². The number of carbonyl (C=O) groups is 1. The first kappa shape index (κ1) is 24.1. The van der Waals surface area contributed by atoms with Crippen LogP contribution in [-0.4, -0.2) is 55.9 Å². The van der Waals surface area contributed by atoms with Crippen molar-refractivity contribution in [3.63, 3.8) is 0 Å². The molecule has 1 saturated heterocycles. The summed E-state index contributed by atoms with van der Waals surface area (Å²) in [7, 11) is 3.07. The number of hydrogen-bond donors (Lipinski definition) is 2. The fraction of sp³-hybridized carbons (Fsp3) is 0.292. The van der Waals surface area contributed by atoms with Crippen LogP contribution in [0, 0.1) is 5.92 Å². The van der Waals surface area contributed by atoms with Gasteiger partial charge in [0.1, 0.15) is 11.5 Å². The van der Waals surface area contributed by atoms with Crippen molar-refractivity contribution in [1.29, 1.82) is 0 Å². The average Bonchev–Trinajstić information content (AvgIpc) is 3.29. The summed E-state index contributed by atoms with van der Waals surface area (Å²) in [6.45, 7) is 5.05. The Bertz CT molecular complexity index is 1210. The van der Waals surface area contributed by atoms with Crippen LogP contribution in [0.1, 0.15) is 0 Å². The van der Waals surface area contributed by atoms with E-state index in [0.717, 1.165) is 16.5 Å². The van der Waals surface area contributed by atoms with Crippen molar-refractivity contribution in [2.24, 2.45) is 5.92 Å². The van der Waals surface area contributed by atoms with Gasteiger partial charge in [-0.3, -0.25) is 4.79 Å². The average molecular weight is 503 g/mol. The summed E-state index contributed by atoms with van der Waals surface area (Å²) < 4.78 is 16.3. The zero-order chi connectivity index (χ0) is 24.2. The van der Waals surface area contributed by atoms with Gasteiger partial charge in [-0.05, 0) is 23.8 Å². The van der Waals surface area contributed by atoms with Gasteiger partial charge >= 0.3 is 0 Å². The maximum absolute atomic E-state index is 11.6. The van der Waals surface area contributed by atoms with E-state index in [2.05, 4.69) is 27.2 Å². The molecule has 34 heavy (non-hydrogen) atoms. The summed E-state index contributed by atoms with van der Waals surface area (Å²) in [5, 5.41) is 7.73. The molecule has 10 heteroatoms. The molecule has 4 rings (SSSR count). The number of nitrogens with zero attached hydrogens (tertiary/aromatic N) is 2. The molecule has 0 bridgehead atoms. The summed E-state index contributed by atoms with van der Waals surface area (Å²) >= 11 is 13.1. The van der Waals surface area contributed by atoms with Crippen molar-refractivity contribution in [3.8, 4) is 22.6 Å². The topological polar surface area (TPSA) is 94.6 Å². The summed E-state index contributed by atoms with van der Waals surface area (Å²) in [6, 6.07) is 7.24. The molecule has 1 aliphatic rings. The van der Waals surface area contributed by atoms with E-state index in [1.807, 2.05) is 18.2 Å². The van der Waals surface area contributed by atoms with Crippen LogP contribution < -0.4 is 20.1 Å². The van der Waals surface area contributed by atoms with Crippen molar-refractivity contribution in [1.82, 2.24) is 15.3 Å². The second-order valence-corrected chi connectivity index (χ2v) is 8.50. The molecule has 3 aromatic rings. The van der Waals surface area contributed by atoms with Gasteiger partial charge in [0, 0.05) is 35.7 Å². The predicted octanol–water partition coefficient (Wildman–Crippen LogP) is 4.35. The molecule has 0 saturated carbocycles. The molecule has 2 N–H and O–H groups in total. The monoisotopic (exact) mass is 502 g/mol. The van der Waals surface area contributed by atoms with E-state index < -0.39 is 0 Å². The molecule has 2 aromatic carbocycles. The van der Waals surface area contributed by atoms with Gasteiger partial charge in [-0.25, -0.2) is 9.97 Å². The van der Waals surface area contributed by atoms with E-state index in [1.165, 1.54) is 20.3 Å². The van der Waals surface area contributed by atoms with Crippen LogP contribution >= 0.6 is 23.2 Å². The Morgan fingerprint density at radius 1 is 1.21 bits per heavy atom. The van der Waals surface area contributed by atoms with Crippen molar-refractivity contribution in [2.45, 2.75) is 6.04 Å². The molecule has 0 aliphatic carbocycles. The van der Waals surface area contributed by atoms with Gasteiger partial charge in [0.15, 0.2) is 0 Å². The first-order valence-corrected chi connectivity index (χ1v) is 11.3. The molecular formula is C24H24Cl2N4O4. The number of methoxy groups -OCH3 is 2. The Morgan fingerprint density at radius 2 is 1.94 bits per heavy atom. The van der Waals surface area contributed by atoms with Gasteiger partial charge in [-0.2, -0.15) is 0 Å². The third-order valence-electron chi connectivity index (χ3n) is 5.68. The number of hydrogen-bond acceptors (Lipinski definition) is 7. The van der Waals surface area contributed by atoms with Gasteiger partial charge in [0.05, 0.1) is 49.0 Å². The first-order chi connectivity index (χ1) is 16.4. The summed E-state index contributed by atoms with van der Waals surface area (Å²) in [6.07, 6.45) is 2.99. The summed E-state index contributed by atoms with van der Waals surface area (Å²) in [5.41, 5.74) is 2.15. The Morgan fingerprint density at radius 3 is 2.62 bits per heavy atom. The number of aromatic nitrogens is 2. The number of nitrogens with one attached hydrogen (secondary N) is 2. The third kappa shape index (κ3) is 4.89. The van der Waals surface area contributed by atoms with Crippen LogP contribution in [0.25, 0.3) is 22.0 Å². The fourth-order valence-electron chi connectivity index (χ4n) is 3.84. The highest BCUT2D eigenvalue weighted by atomic mass is 35.5. The Hall–Kier alpha value is -3.07. The number of carbonyl (C=O) groups excluding carboxylic acids is 1. The summed E-state index contributed by atoms with van der Waals surface area (Å²) in [4.78, 5) is 20.7. The molecule has 2 unspecified atom stereocenters. The van der Waals surface area contributed by atoms with Crippen LogP contribution in [0.15, 0.2) is 43.1 Å². The highest BCUT2D eigenvalue weighted by Gasteiger charge is 2.29. The lowest BCUT2D eigenvalue weighted by Crippen LogP contribution is -2.41. The molecule has 1 amide bonds. The molecule has 0 spiro atoms. The standard InChI is InChI=1S/C24H24Cl2N4O4/c1-4-20(31)29-17-12-34-11-15(17)10-28-24-27-9-14-7-13(5-6-16(14)30-24)21-22(25)18(32-2)8-19(33-3)23(21)26/h4-9,15,17H,1,10-12H2,2-3H3,(H,29,31)(H,27,28,30). The van der Waals surface area contributed by atoms with Crippen molar-refractivity contribution in [2.75, 3.05) is 39.3 Å². The number of amides is 1. The van der Waals surface area contributed by atoms with Gasteiger partial charge < -0.3 is 24.8 Å². The lowest BCUT2D eigenvalue weighted by molar-refractivity contribution is -0.117. The number of halogens is 2. The molecule has 8 nitrogen and oxygen atoms in total. The Labute approximate surface area is 207 Å². The zero-order valence-electron chi connectivity index (χ0n) is 18.7. The van der Waals surface area contributed by atoms with Gasteiger partial charge in [-0.15, -0.1) is 0 Å². The van der Waals surface area contributed by atoms with Gasteiger partial charge in [0.25, 0.3) is 0 Å². The largest absolute Gasteiger partial charge is 0.495 e. The molecule has 178 valence electrons. The number of fused-ring (bicyclic) bond motifs is 1. The van der Waals surface area contributed by atoms with Crippen molar-refractivity contribution in [3.05, 3.63) is 53.2 Å². The molecule has 1 fully saturated rings. The van der Waals surface area contributed by atoms with Crippen molar-refractivity contribution >= 4 is 46.0 Å². The van der Waals surface area contributed by atoms with Gasteiger partial charge in [-0.1, -0.05) is 35.8 Å². The molecule has 2 heterocycles. The fourth-order valence-corrected chi connectivity index (χ4v) is 4.56. The lowest BCUT2D eigenvalue weighted by Gasteiger charge is -2.18. The first-order valence-electron chi connectivity index (χ1n) is 10.6. The lowest BCUT2D eigenvalue weighted by atomic mass is 10.0. The third-order valence-corrected chi connectivity index (χ3v) is 6.43. The predicted molar refractivity (Wildman–Crippen MR) is 133 cm³/mol. The number of ether oxygens (including phenoxy) is 3. The molecule has 1 aromatic heterocycles. The molecular weight excluding hydrogens is 479 g/mol. The Balaban J connectivity index is 1.55. The second kappa shape index (κ2) is 10.5. The van der Waals surface area contributed by atoms with E-state index >= 15 is 0 Å². The van der Waals surface area contributed by atoms with E-state index in [-0.39, 0.29) is 17.9 Å². The number of rotatable bonds is 8. The normalized spacial score (nSPS) is 17.4. The Kier molecular flexibility index (Phi) is 7.41. The summed E-state index contributed by atoms with van der Waals surface area (Å²) in [5.74, 6) is 1.30. The quantitative estimate of drug-likeness (QED) is 0.442. The van der Waals surface area contributed by atoms with E-state index in [4.69, 9.17) is 37.4 Å². The maximum atomic E-state index is 11.6. The molecule has 1 aliphatic heterocycles. The highest BCUT2D eigenvalue weighted by Crippen LogP contribution is 2.46. The highest BCUT2D eigenvalue weighted by molar-refractivity contribution is 6.41. The second-order valence-electron chi connectivity index (χ2n) is 7.75. The van der Waals surface area contributed by atoms with Crippen LogP contribution in [0.2, 0.25) is 10.0 Å². The van der Waals surface area contributed by atoms with Crippen LogP contribution in [-0.2, 0) is 9.53 Å². The minimum Gasteiger partial charge on any atom is -0.495 e. The van der Waals surface area contributed by atoms with Crippen LogP contribution in [0.3, 0.4) is 0 Å². The minimum atomic E-state index is -0.216. The zero-order valence-corrected chi connectivity index (χ0v) is 20.2. The molecule has 0 radical (unpaired) electrons. The van der Waals surface area contributed by atoms with Crippen molar-refractivity contribution < 1.29 is 19.0 Å². The SMILES string of the molecule is C=CC(=O)NC1COCC1CNc1ncc2cc(-c3c(Cl)c(OC)cc(OC)c3Cl)ccc2n1. The smallest absolute Gasteiger partial charge is 0.243 e. The van der Waals surface area contributed by atoms with E-state index in [1.54, 1.807) is 12.3 Å². The van der Waals surface area contributed by atoms with Gasteiger partial charge in [0.2, 0.25) is 11.9 Å². The molecule has 2 atom stereocenters. The number of anilines is 1. The van der Waals surface area contributed by atoms with Crippen LogP contribution in [0.5, 0.6) is 11.5 Å². The maximum Gasteiger partial charge on any atom is 0.243 e. The minimum absolute atomic E-state index is 0.0876. The van der Waals surface area contributed by atoms with Crippen LogP contribution in [0.4, 0.5) is 5.95 Å². The number of benzene rings is 2. The van der Waals surface area contributed by atoms with E-state index in [0.29, 0.717) is 52.8 Å².